The van der Waals surface area contributed by atoms with Crippen LogP contribution >= 0.6 is 23.5 Å². The van der Waals surface area contributed by atoms with E-state index >= 15 is 0 Å². The quantitative estimate of drug-likeness (QED) is 0.0932. The number of aryl methyl sites for hydroxylation is 2. The summed E-state index contributed by atoms with van der Waals surface area (Å²) in [5, 5.41) is 0.960. The molecule has 10 nitrogen and oxygen atoms in total. The SMILES string of the molecule is CCOC(=O)c1ccc(N=C2S/C(=C/c3ccccc3)C(=O)N2c2ccc(-c3ccc(N4C(=O)/C(=C\c5ccccc5)SC4=Nc4ccc(C(=O)OCC)cc4)c(C)c3)cc2C)cc1. The van der Waals surface area contributed by atoms with Crippen LogP contribution in [0.1, 0.15) is 56.8 Å². The Kier molecular flexibility index (Phi) is 13.2. The van der Waals surface area contributed by atoms with Gasteiger partial charge < -0.3 is 9.47 Å². The monoisotopic (exact) mass is 882 g/mol. The van der Waals surface area contributed by atoms with E-state index < -0.39 is 11.9 Å². The summed E-state index contributed by atoms with van der Waals surface area (Å²) in [5.74, 6) is -1.22. The first-order valence-corrected chi connectivity index (χ1v) is 22.2. The molecule has 2 saturated heterocycles. The van der Waals surface area contributed by atoms with Gasteiger partial charge in [-0.05, 0) is 170 Å². The number of nitrogens with zero attached hydrogens (tertiary/aromatic N) is 4. The largest absolute Gasteiger partial charge is 0.462 e. The van der Waals surface area contributed by atoms with Crippen LogP contribution < -0.4 is 9.80 Å². The Hall–Kier alpha value is -7.28. The van der Waals surface area contributed by atoms with Crippen molar-refractivity contribution in [2.75, 3.05) is 23.0 Å². The van der Waals surface area contributed by atoms with Crippen LogP contribution in [0.4, 0.5) is 22.7 Å². The normalized spacial score (nSPS) is 16.4. The molecule has 318 valence electrons. The second-order valence-corrected chi connectivity index (χ2v) is 16.7. The number of amides is 2. The molecule has 2 aliphatic rings. The summed E-state index contributed by atoms with van der Waals surface area (Å²) in [6, 6.07) is 44.8. The maximum absolute atomic E-state index is 14.2. The molecule has 2 amide bonds. The van der Waals surface area contributed by atoms with Crippen LogP contribution in [-0.4, -0.2) is 47.3 Å². The van der Waals surface area contributed by atoms with E-state index in [1.54, 1.807) is 72.2 Å². The number of ether oxygens (including phenoxy) is 2. The molecule has 2 aliphatic heterocycles. The summed E-state index contributed by atoms with van der Waals surface area (Å²) in [7, 11) is 0. The minimum absolute atomic E-state index is 0.201. The van der Waals surface area contributed by atoms with Crippen LogP contribution in [0.15, 0.2) is 165 Å². The van der Waals surface area contributed by atoms with Gasteiger partial charge in [0.15, 0.2) is 10.3 Å². The standard InChI is InChI=1S/C52H42N4O6S2/c1-5-61-49(59)37-17-23-41(24-18-37)53-51-55(47(57)45(63-51)31-35-13-9-7-10-14-35)43-27-21-39(29-33(43)3)40-22-28-44(34(4)30-40)56-48(58)46(32-36-15-11-8-12-16-36)64-52(56)54-42-25-19-38(20-26-42)50(60)62-6-2/h7-32H,5-6H2,1-4H3/b45-31+,46-32+,53-51?,54-52?. The third-order valence-electron chi connectivity index (χ3n) is 10.2. The van der Waals surface area contributed by atoms with Gasteiger partial charge in [0, 0.05) is 0 Å². The number of amidine groups is 2. The number of rotatable bonds is 11. The zero-order valence-electron chi connectivity index (χ0n) is 35.5. The van der Waals surface area contributed by atoms with Gasteiger partial charge in [-0.25, -0.2) is 19.6 Å². The van der Waals surface area contributed by atoms with Crippen LogP contribution in [0.5, 0.6) is 0 Å². The Morgan fingerprint density at radius 1 is 0.531 bits per heavy atom. The van der Waals surface area contributed by atoms with Crippen LogP contribution in [0.2, 0.25) is 0 Å². The smallest absolute Gasteiger partial charge is 0.338 e. The molecule has 0 saturated carbocycles. The molecule has 2 heterocycles. The van der Waals surface area contributed by atoms with Gasteiger partial charge >= 0.3 is 11.9 Å². The Morgan fingerprint density at radius 2 is 0.906 bits per heavy atom. The second-order valence-electron chi connectivity index (χ2n) is 14.6. The number of benzene rings is 6. The summed E-state index contributed by atoms with van der Waals surface area (Å²) in [4.78, 5) is 67.2. The molecular weight excluding hydrogens is 841 g/mol. The Bertz CT molecular complexity index is 2690. The van der Waals surface area contributed by atoms with Gasteiger partial charge in [-0.15, -0.1) is 0 Å². The highest BCUT2D eigenvalue weighted by Gasteiger charge is 2.37. The molecule has 2 fully saturated rings. The minimum atomic E-state index is -0.411. The van der Waals surface area contributed by atoms with Crippen molar-refractivity contribution in [1.82, 2.24) is 0 Å². The summed E-state index contributed by atoms with van der Waals surface area (Å²) >= 11 is 2.58. The number of carbonyl (C=O) groups excluding carboxylic acids is 4. The molecule has 0 N–H and O–H groups in total. The minimum Gasteiger partial charge on any atom is -0.462 e. The van der Waals surface area contributed by atoms with Crippen molar-refractivity contribution in [3.05, 3.63) is 189 Å². The van der Waals surface area contributed by atoms with Crippen molar-refractivity contribution in [2.24, 2.45) is 9.98 Å². The van der Waals surface area contributed by atoms with Crippen molar-refractivity contribution >= 4 is 92.5 Å². The summed E-state index contributed by atoms with van der Waals surface area (Å²) in [6.45, 7) is 8.00. The zero-order chi connectivity index (χ0) is 44.7. The number of esters is 2. The lowest BCUT2D eigenvalue weighted by Gasteiger charge is -2.20. The fourth-order valence-electron chi connectivity index (χ4n) is 7.09. The van der Waals surface area contributed by atoms with Gasteiger partial charge in [-0.1, -0.05) is 72.8 Å². The average molecular weight is 883 g/mol. The predicted octanol–water partition coefficient (Wildman–Crippen LogP) is 11.9. The molecule has 6 aromatic carbocycles. The van der Waals surface area contributed by atoms with Crippen molar-refractivity contribution in [2.45, 2.75) is 27.7 Å². The number of hydrogen-bond donors (Lipinski definition) is 0. The van der Waals surface area contributed by atoms with Gasteiger partial charge in [0.25, 0.3) is 11.8 Å². The maximum atomic E-state index is 14.2. The van der Waals surface area contributed by atoms with E-state index in [1.807, 2.05) is 123 Å². The fourth-order valence-corrected chi connectivity index (χ4v) is 9.08. The lowest BCUT2D eigenvalue weighted by Crippen LogP contribution is -2.29. The van der Waals surface area contributed by atoms with Gasteiger partial charge in [0.2, 0.25) is 0 Å². The van der Waals surface area contributed by atoms with E-state index in [0.29, 0.717) is 54.0 Å². The lowest BCUT2D eigenvalue weighted by atomic mass is 9.99. The lowest BCUT2D eigenvalue weighted by molar-refractivity contribution is -0.114. The van der Waals surface area contributed by atoms with E-state index in [1.165, 1.54) is 23.5 Å². The highest BCUT2D eigenvalue weighted by atomic mass is 32.2. The van der Waals surface area contributed by atoms with Crippen molar-refractivity contribution in [1.29, 1.82) is 0 Å². The number of thioether (sulfide) groups is 2. The topological polar surface area (TPSA) is 118 Å². The van der Waals surface area contributed by atoms with Crippen LogP contribution in [0.3, 0.4) is 0 Å². The Labute approximate surface area is 380 Å². The third kappa shape index (κ3) is 9.53. The van der Waals surface area contributed by atoms with Crippen LogP contribution in [0, 0.1) is 13.8 Å². The first-order valence-electron chi connectivity index (χ1n) is 20.6. The molecule has 0 radical (unpaired) electrons. The van der Waals surface area contributed by atoms with Gasteiger partial charge in [0.05, 0.1) is 56.9 Å². The summed E-state index contributed by atoms with van der Waals surface area (Å²) in [5.41, 5.74) is 8.69. The van der Waals surface area contributed by atoms with Crippen LogP contribution in [-0.2, 0) is 19.1 Å². The fraction of sp³-hybridized carbons (Fsp3) is 0.115. The molecule has 0 bridgehead atoms. The third-order valence-corrected chi connectivity index (χ3v) is 12.2. The molecule has 0 spiro atoms. The second kappa shape index (κ2) is 19.4. The molecule has 12 heteroatoms. The highest BCUT2D eigenvalue weighted by molar-refractivity contribution is 8.19. The van der Waals surface area contributed by atoms with E-state index in [2.05, 4.69) is 0 Å². The molecule has 8 rings (SSSR count). The van der Waals surface area contributed by atoms with E-state index in [0.717, 1.165) is 33.4 Å². The Balaban J connectivity index is 1.11. The maximum Gasteiger partial charge on any atom is 0.338 e. The first-order chi connectivity index (χ1) is 31.1. The molecule has 0 atom stereocenters. The summed E-state index contributed by atoms with van der Waals surface area (Å²) in [6.07, 6.45) is 3.73. The summed E-state index contributed by atoms with van der Waals surface area (Å²) < 4.78 is 10.3. The molecule has 0 aromatic heterocycles. The van der Waals surface area contributed by atoms with Crippen molar-refractivity contribution in [3.8, 4) is 11.1 Å². The molecule has 0 aliphatic carbocycles. The zero-order valence-corrected chi connectivity index (χ0v) is 37.1. The van der Waals surface area contributed by atoms with Crippen molar-refractivity contribution < 1.29 is 28.7 Å². The number of carbonyl (C=O) groups is 4. The van der Waals surface area contributed by atoms with Crippen LogP contribution in [0.25, 0.3) is 23.3 Å². The number of hydrogen-bond acceptors (Lipinski definition) is 10. The van der Waals surface area contributed by atoms with E-state index in [-0.39, 0.29) is 25.0 Å². The predicted molar refractivity (Wildman–Crippen MR) is 259 cm³/mol. The van der Waals surface area contributed by atoms with Gasteiger partial charge in [0.1, 0.15) is 0 Å². The molecule has 64 heavy (non-hydrogen) atoms. The average Bonchev–Trinajstić information content (AvgIpc) is 3.77. The van der Waals surface area contributed by atoms with Gasteiger partial charge in [-0.3, -0.25) is 19.4 Å². The number of aliphatic imine (C=N–C) groups is 2. The number of anilines is 2. The first kappa shape index (κ1) is 43.4. The van der Waals surface area contributed by atoms with Gasteiger partial charge in [-0.2, -0.15) is 0 Å². The molecule has 6 aromatic rings. The van der Waals surface area contributed by atoms with E-state index in [9.17, 15) is 19.2 Å². The molecule has 0 unspecified atom stereocenters. The van der Waals surface area contributed by atoms with Crippen molar-refractivity contribution in [3.63, 3.8) is 0 Å². The molecular formula is C52H42N4O6S2. The highest BCUT2D eigenvalue weighted by Crippen LogP contribution is 2.42. The Morgan fingerprint density at radius 3 is 1.25 bits per heavy atom. The van der Waals surface area contributed by atoms with E-state index in [4.69, 9.17) is 19.5 Å².